The SMILES string of the molecule is Cc1ccccc1C(N[C@@H](CO)CC(C)C)c1cnc(N)s1. The van der Waals surface area contributed by atoms with E-state index >= 15 is 0 Å². The van der Waals surface area contributed by atoms with Crippen molar-refractivity contribution < 1.29 is 5.11 Å². The average molecular weight is 319 g/mol. The third kappa shape index (κ3) is 4.29. The number of nitrogens with zero attached hydrogens (tertiary/aromatic N) is 1. The van der Waals surface area contributed by atoms with Gasteiger partial charge in [0.05, 0.1) is 12.6 Å². The van der Waals surface area contributed by atoms with Crippen LogP contribution in [0.2, 0.25) is 0 Å². The van der Waals surface area contributed by atoms with Crippen molar-refractivity contribution in [3.63, 3.8) is 0 Å². The topological polar surface area (TPSA) is 71.2 Å². The summed E-state index contributed by atoms with van der Waals surface area (Å²) in [5.74, 6) is 0.522. The fraction of sp³-hybridized carbons (Fsp3) is 0.471. The minimum Gasteiger partial charge on any atom is -0.395 e. The summed E-state index contributed by atoms with van der Waals surface area (Å²) in [6, 6.07) is 8.35. The van der Waals surface area contributed by atoms with Crippen molar-refractivity contribution in [1.82, 2.24) is 10.3 Å². The first-order valence-electron chi connectivity index (χ1n) is 7.65. The third-order valence-electron chi connectivity index (χ3n) is 3.70. The number of anilines is 1. The zero-order valence-corrected chi connectivity index (χ0v) is 14.2. The number of hydrogen-bond acceptors (Lipinski definition) is 5. The summed E-state index contributed by atoms with van der Waals surface area (Å²) >= 11 is 1.49. The first-order valence-corrected chi connectivity index (χ1v) is 8.46. The van der Waals surface area contributed by atoms with Gasteiger partial charge in [-0.3, -0.25) is 0 Å². The zero-order valence-electron chi connectivity index (χ0n) is 13.4. The molecule has 4 nitrogen and oxygen atoms in total. The molecule has 0 radical (unpaired) electrons. The van der Waals surface area contributed by atoms with Crippen molar-refractivity contribution >= 4 is 16.5 Å². The van der Waals surface area contributed by atoms with Gasteiger partial charge in [-0.1, -0.05) is 38.1 Å². The Kier molecular flexibility index (Phi) is 5.94. The van der Waals surface area contributed by atoms with Crippen LogP contribution in [0.4, 0.5) is 5.13 Å². The highest BCUT2D eigenvalue weighted by Crippen LogP contribution is 2.30. The molecule has 2 rings (SSSR count). The highest BCUT2D eigenvalue weighted by atomic mass is 32.1. The second-order valence-corrected chi connectivity index (χ2v) is 7.16. The molecule has 0 aliphatic carbocycles. The van der Waals surface area contributed by atoms with E-state index in [1.54, 1.807) is 0 Å². The molecule has 5 heteroatoms. The lowest BCUT2D eigenvalue weighted by molar-refractivity contribution is 0.218. The zero-order chi connectivity index (χ0) is 16.1. The van der Waals surface area contributed by atoms with Crippen LogP contribution in [-0.4, -0.2) is 22.7 Å². The highest BCUT2D eigenvalue weighted by Gasteiger charge is 2.22. The standard InChI is InChI=1S/C17H25N3OS/c1-11(2)8-13(10-21)20-16(15-9-19-17(18)22-15)14-7-5-4-6-12(14)3/h4-7,9,11,13,16,20-21H,8,10H2,1-3H3,(H2,18,19)/t13-,16?/m1/s1. The predicted octanol–water partition coefficient (Wildman–Crippen LogP) is 3.12. The van der Waals surface area contributed by atoms with Gasteiger partial charge in [0, 0.05) is 17.1 Å². The van der Waals surface area contributed by atoms with E-state index in [-0.39, 0.29) is 18.7 Å². The Balaban J connectivity index is 2.32. The maximum absolute atomic E-state index is 9.69. The van der Waals surface area contributed by atoms with E-state index in [0.29, 0.717) is 11.0 Å². The minimum atomic E-state index is 0.00639. The molecule has 22 heavy (non-hydrogen) atoms. The molecule has 120 valence electrons. The Bertz CT molecular complexity index is 597. The molecule has 0 fully saturated rings. The van der Waals surface area contributed by atoms with Gasteiger partial charge in [0.2, 0.25) is 0 Å². The van der Waals surface area contributed by atoms with E-state index < -0.39 is 0 Å². The quantitative estimate of drug-likeness (QED) is 0.733. The Labute approximate surface area is 136 Å². The molecule has 2 aromatic rings. The molecule has 1 aromatic carbocycles. The molecule has 4 N–H and O–H groups in total. The van der Waals surface area contributed by atoms with Gasteiger partial charge < -0.3 is 16.2 Å². The second-order valence-electron chi connectivity index (χ2n) is 6.07. The Morgan fingerprint density at radius 3 is 2.59 bits per heavy atom. The summed E-state index contributed by atoms with van der Waals surface area (Å²) in [4.78, 5) is 5.26. The number of benzene rings is 1. The van der Waals surface area contributed by atoms with Crippen LogP contribution in [0.1, 0.15) is 42.3 Å². The fourth-order valence-electron chi connectivity index (χ4n) is 2.67. The second kappa shape index (κ2) is 7.72. The first kappa shape index (κ1) is 16.9. The summed E-state index contributed by atoms with van der Waals surface area (Å²) in [5, 5.41) is 13.8. The van der Waals surface area contributed by atoms with E-state index in [4.69, 9.17) is 5.73 Å². The number of nitrogens with one attached hydrogen (secondary N) is 1. The molecule has 0 saturated heterocycles. The van der Waals surface area contributed by atoms with Crippen LogP contribution in [0.25, 0.3) is 0 Å². The monoisotopic (exact) mass is 319 g/mol. The number of thiazole rings is 1. The summed E-state index contributed by atoms with van der Waals surface area (Å²) in [6.45, 7) is 6.55. The van der Waals surface area contributed by atoms with E-state index in [1.165, 1.54) is 22.5 Å². The van der Waals surface area contributed by atoms with E-state index in [1.807, 2.05) is 18.3 Å². The van der Waals surface area contributed by atoms with Crippen molar-refractivity contribution in [3.05, 3.63) is 46.5 Å². The smallest absolute Gasteiger partial charge is 0.180 e. The van der Waals surface area contributed by atoms with Crippen molar-refractivity contribution in [1.29, 1.82) is 0 Å². The van der Waals surface area contributed by atoms with Gasteiger partial charge in [0.15, 0.2) is 5.13 Å². The summed E-state index contributed by atoms with van der Waals surface area (Å²) in [7, 11) is 0. The number of aryl methyl sites for hydroxylation is 1. The van der Waals surface area contributed by atoms with Gasteiger partial charge in [-0.2, -0.15) is 0 Å². The van der Waals surface area contributed by atoms with Crippen LogP contribution in [-0.2, 0) is 0 Å². The molecular weight excluding hydrogens is 294 g/mol. The molecular formula is C17H25N3OS. The van der Waals surface area contributed by atoms with Crippen LogP contribution < -0.4 is 11.1 Å². The van der Waals surface area contributed by atoms with Gasteiger partial charge in [0.1, 0.15) is 0 Å². The average Bonchev–Trinajstić information content (AvgIpc) is 2.90. The van der Waals surface area contributed by atoms with Crippen LogP contribution in [0.5, 0.6) is 0 Å². The number of aliphatic hydroxyl groups is 1. The lowest BCUT2D eigenvalue weighted by Gasteiger charge is -2.26. The Morgan fingerprint density at radius 1 is 1.32 bits per heavy atom. The fourth-order valence-corrected chi connectivity index (χ4v) is 3.44. The first-order chi connectivity index (χ1) is 10.5. The number of rotatable bonds is 7. The van der Waals surface area contributed by atoms with Crippen LogP contribution >= 0.6 is 11.3 Å². The van der Waals surface area contributed by atoms with Crippen molar-refractivity contribution in [2.75, 3.05) is 12.3 Å². The molecule has 0 amide bonds. The van der Waals surface area contributed by atoms with Crippen LogP contribution in [0.15, 0.2) is 30.5 Å². The lowest BCUT2D eigenvalue weighted by Crippen LogP contribution is -2.37. The molecule has 1 aromatic heterocycles. The maximum Gasteiger partial charge on any atom is 0.180 e. The van der Waals surface area contributed by atoms with E-state index in [9.17, 15) is 5.11 Å². The summed E-state index contributed by atoms with van der Waals surface area (Å²) in [6.07, 6.45) is 2.75. The molecule has 1 unspecified atom stereocenters. The molecule has 0 saturated carbocycles. The Morgan fingerprint density at radius 2 is 2.05 bits per heavy atom. The summed E-state index contributed by atoms with van der Waals surface area (Å²) in [5.41, 5.74) is 8.22. The largest absolute Gasteiger partial charge is 0.395 e. The molecule has 2 atom stereocenters. The van der Waals surface area contributed by atoms with E-state index in [2.05, 4.69) is 43.2 Å². The summed E-state index contributed by atoms with van der Waals surface area (Å²) < 4.78 is 0. The molecule has 0 bridgehead atoms. The number of aromatic nitrogens is 1. The van der Waals surface area contributed by atoms with Crippen molar-refractivity contribution in [2.24, 2.45) is 5.92 Å². The van der Waals surface area contributed by atoms with Gasteiger partial charge in [-0.15, -0.1) is 11.3 Å². The molecule has 0 aliphatic heterocycles. The predicted molar refractivity (Wildman–Crippen MR) is 93.0 cm³/mol. The maximum atomic E-state index is 9.69. The van der Waals surface area contributed by atoms with Gasteiger partial charge in [-0.25, -0.2) is 4.98 Å². The third-order valence-corrected chi connectivity index (χ3v) is 4.60. The number of hydrogen-bond donors (Lipinski definition) is 3. The number of nitrogens with two attached hydrogens (primary N) is 1. The molecule has 0 aliphatic rings. The molecule has 0 spiro atoms. The van der Waals surface area contributed by atoms with Crippen molar-refractivity contribution in [3.8, 4) is 0 Å². The highest BCUT2D eigenvalue weighted by molar-refractivity contribution is 7.15. The van der Waals surface area contributed by atoms with Gasteiger partial charge in [-0.05, 0) is 30.4 Å². The Hall–Kier alpha value is -1.43. The molecule has 1 heterocycles. The normalized spacial score (nSPS) is 14.2. The van der Waals surface area contributed by atoms with Gasteiger partial charge >= 0.3 is 0 Å². The number of aliphatic hydroxyl groups excluding tert-OH is 1. The van der Waals surface area contributed by atoms with Crippen LogP contribution in [0.3, 0.4) is 0 Å². The van der Waals surface area contributed by atoms with E-state index in [0.717, 1.165) is 11.3 Å². The van der Waals surface area contributed by atoms with Crippen LogP contribution in [0, 0.1) is 12.8 Å². The number of nitrogen functional groups attached to an aromatic ring is 1. The van der Waals surface area contributed by atoms with Gasteiger partial charge in [0.25, 0.3) is 0 Å². The minimum absolute atomic E-state index is 0.00639. The lowest BCUT2D eigenvalue weighted by atomic mass is 9.97. The van der Waals surface area contributed by atoms with Crippen molar-refractivity contribution in [2.45, 2.75) is 39.3 Å².